The Bertz CT molecular complexity index is 662. The lowest BCUT2D eigenvalue weighted by atomic mass is 9.99. The quantitative estimate of drug-likeness (QED) is 0.0685. The molecular formula is C32H61NO8. The van der Waals surface area contributed by atoms with Crippen molar-refractivity contribution >= 4 is 5.91 Å². The third kappa shape index (κ3) is 17.0. The Labute approximate surface area is 248 Å². The summed E-state index contributed by atoms with van der Waals surface area (Å²) in [5.41, 5.74) is 0. The van der Waals surface area contributed by atoms with Gasteiger partial charge < -0.3 is 40.3 Å². The van der Waals surface area contributed by atoms with E-state index in [0.717, 1.165) is 44.9 Å². The van der Waals surface area contributed by atoms with E-state index in [1.807, 2.05) is 6.08 Å². The van der Waals surface area contributed by atoms with E-state index < -0.39 is 49.5 Å². The summed E-state index contributed by atoms with van der Waals surface area (Å²) in [6, 6.07) is -0.792. The van der Waals surface area contributed by atoms with E-state index in [4.69, 9.17) is 9.47 Å². The van der Waals surface area contributed by atoms with Crippen molar-refractivity contribution in [3.63, 3.8) is 0 Å². The topological polar surface area (TPSA) is 149 Å². The first-order valence-corrected chi connectivity index (χ1v) is 16.4. The normalized spacial score (nSPS) is 24.5. The maximum Gasteiger partial charge on any atom is 0.220 e. The molecule has 0 aliphatic carbocycles. The molecule has 0 bridgehead atoms. The summed E-state index contributed by atoms with van der Waals surface area (Å²) in [6.45, 7) is 3.60. The van der Waals surface area contributed by atoms with Crippen molar-refractivity contribution in [3.05, 3.63) is 12.2 Å². The minimum Gasteiger partial charge on any atom is -0.394 e. The lowest BCUT2D eigenvalue weighted by molar-refractivity contribution is -0.302. The maximum absolute atomic E-state index is 12.5. The number of aliphatic hydroxyl groups excluding tert-OH is 5. The van der Waals surface area contributed by atoms with Crippen molar-refractivity contribution in [1.29, 1.82) is 0 Å². The molecule has 1 fully saturated rings. The number of allylic oxidation sites excluding steroid dienone is 1. The lowest BCUT2D eigenvalue weighted by Crippen LogP contribution is -2.60. The summed E-state index contributed by atoms with van der Waals surface area (Å²) in [7, 11) is 0. The minimum absolute atomic E-state index is 0.187. The Balaban J connectivity index is 2.45. The molecule has 9 heteroatoms. The fourth-order valence-corrected chi connectivity index (χ4v) is 5.09. The second-order valence-electron chi connectivity index (χ2n) is 11.6. The average Bonchev–Trinajstić information content (AvgIpc) is 2.97. The van der Waals surface area contributed by atoms with Crippen LogP contribution in [0, 0.1) is 0 Å². The van der Waals surface area contributed by atoms with Crippen LogP contribution in [0.2, 0.25) is 0 Å². The molecule has 1 saturated heterocycles. The molecule has 7 atom stereocenters. The first-order chi connectivity index (χ1) is 19.8. The molecule has 0 radical (unpaired) electrons. The van der Waals surface area contributed by atoms with Gasteiger partial charge in [0, 0.05) is 6.42 Å². The minimum atomic E-state index is -1.56. The van der Waals surface area contributed by atoms with Gasteiger partial charge in [-0.25, -0.2) is 0 Å². The highest BCUT2D eigenvalue weighted by molar-refractivity contribution is 5.76. The number of carbonyl (C=O) groups excluding carboxylic acids is 1. The predicted molar refractivity (Wildman–Crippen MR) is 161 cm³/mol. The molecular weight excluding hydrogens is 526 g/mol. The maximum atomic E-state index is 12.5. The second kappa shape index (κ2) is 24.4. The average molecular weight is 588 g/mol. The lowest BCUT2D eigenvalue weighted by Gasteiger charge is -2.40. The van der Waals surface area contributed by atoms with E-state index in [9.17, 15) is 30.3 Å². The Hall–Kier alpha value is -1.07. The predicted octanol–water partition coefficient (Wildman–Crippen LogP) is 4.27. The zero-order valence-corrected chi connectivity index (χ0v) is 25.8. The molecule has 7 unspecified atom stereocenters. The van der Waals surface area contributed by atoms with Crippen molar-refractivity contribution in [2.75, 3.05) is 13.2 Å². The van der Waals surface area contributed by atoms with Gasteiger partial charge in [0.25, 0.3) is 0 Å². The fraction of sp³-hybridized carbons (Fsp3) is 0.906. The number of aliphatic hydroxyl groups is 5. The Morgan fingerprint density at radius 3 is 1.90 bits per heavy atom. The van der Waals surface area contributed by atoms with E-state index in [2.05, 4.69) is 19.2 Å². The van der Waals surface area contributed by atoms with Gasteiger partial charge in [0.2, 0.25) is 5.91 Å². The molecule has 0 aromatic rings. The summed E-state index contributed by atoms with van der Waals surface area (Å²) < 4.78 is 11.0. The third-order valence-corrected chi connectivity index (χ3v) is 7.86. The summed E-state index contributed by atoms with van der Waals surface area (Å²) in [5.74, 6) is -0.197. The van der Waals surface area contributed by atoms with E-state index in [1.165, 1.54) is 64.2 Å². The number of ether oxygens (including phenoxy) is 2. The van der Waals surface area contributed by atoms with E-state index >= 15 is 0 Å². The van der Waals surface area contributed by atoms with Crippen molar-refractivity contribution in [1.82, 2.24) is 5.32 Å². The highest BCUT2D eigenvalue weighted by Gasteiger charge is 2.44. The van der Waals surface area contributed by atoms with Crippen LogP contribution < -0.4 is 5.32 Å². The van der Waals surface area contributed by atoms with E-state index in [0.29, 0.717) is 6.42 Å². The number of amides is 1. The van der Waals surface area contributed by atoms with Gasteiger partial charge >= 0.3 is 0 Å². The van der Waals surface area contributed by atoms with Gasteiger partial charge in [-0.15, -0.1) is 0 Å². The second-order valence-corrected chi connectivity index (χ2v) is 11.6. The summed E-state index contributed by atoms with van der Waals surface area (Å²) in [5, 5.41) is 53.3. The number of hydrogen-bond acceptors (Lipinski definition) is 8. The zero-order valence-electron chi connectivity index (χ0n) is 25.8. The van der Waals surface area contributed by atoms with Crippen LogP contribution in [0.5, 0.6) is 0 Å². The molecule has 242 valence electrons. The van der Waals surface area contributed by atoms with Crippen LogP contribution in [0.15, 0.2) is 12.2 Å². The molecule has 9 nitrogen and oxygen atoms in total. The van der Waals surface area contributed by atoms with Crippen molar-refractivity contribution in [3.8, 4) is 0 Å². The smallest absolute Gasteiger partial charge is 0.220 e. The number of unbranched alkanes of at least 4 members (excludes halogenated alkanes) is 15. The molecule has 1 amide bonds. The third-order valence-electron chi connectivity index (χ3n) is 7.86. The molecule has 1 rings (SSSR count). The van der Waals surface area contributed by atoms with E-state index in [1.54, 1.807) is 6.08 Å². The molecule has 1 aliphatic rings. The molecule has 0 aromatic heterocycles. The van der Waals surface area contributed by atoms with Crippen molar-refractivity contribution in [2.24, 2.45) is 0 Å². The van der Waals surface area contributed by atoms with Gasteiger partial charge in [-0.2, -0.15) is 0 Å². The molecule has 0 saturated carbocycles. The zero-order chi connectivity index (χ0) is 30.3. The van der Waals surface area contributed by atoms with Gasteiger partial charge in [-0.1, -0.05) is 116 Å². The number of carbonyl (C=O) groups is 1. The molecule has 1 aliphatic heterocycles. The van der Waals surface area contributed by atoms with Crippen molar-refractivity contribution < 1.29 is 39.8 Å². The Kier molecular flexibility index (Phi) is 22.6. The molecule has 0 aromatic carbocycles. The summed E-state index contributed by atoms with van der Waals surface area (Å²) in [4.78, 5) is 12.5. The molecule has 41 heavy (non-hydrogen) atoms. The monoisotopic (exact) mass is 587 g/mol. The fourth-order valence-electron chi connectivity index (χ4n) is 5.09. The van der Waals surface area contributed by atoms with Gasteiger partial charge in [-0.05, 0) is 19.3 Å². The molecule has 6 N–H and O–H groups in total. The highest BCUT2D eigenvalue weighted by atomic mass is 16.7. The Morgan fingerprint density at radius 2 is 1.34 bits per heavy atom. The van der Waals surface area contributed by atoms with Crippen LogP contribution in [0.4, 0.5) is 0 Å². The standard InChI is InChI=1S/C32H61NO8/c1-3-5-7-9-10-11-12-13-14-15-16-17-18-19-21-26(35)25(33-28(36)22-20-8-6-4-2)24-40-32-31(39)30(38)29(37)27(23-34)41-32/h19,21,25-27,29-32,34-35,37-39H,3-18,20,22-24H2,1-2H3,(H,33,36)/b21-19+. The van der Waals surface area contributed by atoms with Crippen LogP contribution in [0.1, 0.15) is 129 Å². The summed E-state index contributed by atoms with van der Waals surface area (Å²) >= 11 is 0. The van der Waals surface area contributed by atoms with Crippen LogP contribution >= 0.6 is 0 Å². The first kappa shape index (κ1) is 38.0. The number of nitrogens with one attached hydrogen (secondary N) is 1. The van der Waals surface area contributed by atoms with Crippen molar-refractivity contribution in [2.45, 2.75) is 172 Å². The number of hydrogen-bond donors (Lipinski definition) is 6. The largest absolute Gasteiger partial charge is 0.394 e. The summed E-state index contributed by atoms with van der Waals surface area (Å²) in [6.07, 6.45) is 16.0. The SMILES string of the molecule is CCCCCCCCCCCCCC/C=C/C(O)C(COC1OC(CO)C(O)C(O)C1O)NC(=O)CCCCCC. The highest BCUT2D eigenvalue weighted by Crippen LogP contribution is 2.22. The Morgan fingerprint density at radius 1 is 0.805 bits per heavy atom. The van der Waals surface area contributed by atoms with Crippen LogP contribution in [-0.4, -0.2) is 87.5 Å². The van der Waals surface area contributed by atoms with E-state index in [-0.39, 0.29) is 12.5 Å². The van der Waals surface area contributed by atoms with Gasteiger partial charge in [-0.3, -0.25) is 4.79 Å². The molecule has 0 spiro atoms. The van der Waals surface area contributed by atoms with Gasteiger partial charge in [0.15, 0.2) is 6.29 Å². The van der Waals surface area contributed by atoms with Crippen LogP contribution in [0.25, 0.3) is 0 Å². The van der Waals surface area contributed by atoms with Crippen LogP contribution in [0.3, 0.4) is 0 Å². The van der Waals surface area contributed by atoms with Crippen LogP contribution in [-0.2, 0) is 14.3 Å². The first-order valence-electron chi connectivity index (χ1n) is 16.4. The van der Waals surface area contributed by atoms with Gasteiger partial charge in [0.1, 0.15) is 24.4 Å². The molecule has 1 heterocycles. The number of rotatable bonds is 25. The van der Waals surface area contributed by atoms with Gasteiger partial charge in [0.05, 0.1) is 25.4 Å².